The van der Waals surface area contributed by atoms with Crippen LogP contribution in [0.5, 0.6) is 17.2 Å². The van der Waals surface area contributed by atoms with E-state index >= 15 is 0 Å². The number of hydrogen-bond acceptors (Lipinski definition) is 5. The summed E-state index contributed by atoms with van der Waals surface area (Å²) in [5.41, 5.74) is 2.06. The summed E-state index contributed by atoms with van der Waals surface area (Å²) in [5, 5.41) is 2.91. The fourth-order valence-electron chi connectivity index (χ4n) is 2.86. The van der Waals surface area contributed by atoms with Crippen LogP contribution in [0.15, 0.2) is 36.4 Å². The van der Waals surface area contributed by atoms with E-state index in [-0.39, 0.29) is 5.91 Å². The van der Waals surface area contributed by atoms with E-state index in [4.69, 9.17) is 18.9 Å². The van der Waals surface area contributed by atoms with Gasteiger partial charge in [-0.2, -0.15) is 0 Å². The molecule has 0 saturated carbocycles. The van der Waals surface area contributed by atoms with E-state index in [1.165, 1.54) is 0 Å². The van der Waals surface area contributed by atoms with Gasteiger partial charge >= 0.3 is 0 Å². The fourth-order valence-corrected chi connectivity index (χ4v) is 2.86. The zero-order valence-electron chi connectivity index (χ0n) is 16.6. The summed E-state index contributed by atoms with van der Waals surface area (Å²) < 4.78 is 22.5. The van der Waals surface area contributed by atoms with E-state index in [0.29, 0.717) is 61.7 Å². The first-order chi connectivity index (χ1) is 13.6. The maximum atomic E-state index is 12.7. The monoisotopic (exact) mass is 385 g/mol. The third-order valence-corrected chi connectivity index (χ3v) is 4.13. The number of amides is 1. The third kappa shape index (κ3) is 5.16. The van der Waals surface area contributed by atoms with Gasteiger partial charge in [-0.25, -0.2) is 0 Å². The van der Waals surface area contributed by atoms with Crippen molar-refractivity contribution in [3.63, 3.8) is 0 Å². The predicted octanol–water partition coefficient (Wildman–Crippen LogP) is 4.28. The molecule has 0 atom stereocenters. The molecular formula is C22H27NO5. The minimum atomic E-state index is -0.204. The van der Waals surface area contributed by atoms with Crippen LogP contribution in [0.2, 0.25) is 0 Å². The Balaban J connectivity index is 1.73. The molecule has 6 nitrogen and oxygen atoms in total. The Bertz CT molecular complexity index is 819. The highest BCUT2D eigenvalue weighted by Crippen LogP contribution is 2.32. The third-order valence-electron chi connectivity index (χ3n) is 4.13. The van der Waals surface area contributed by atoms with Crippen LogP contribution in [-0.4, -0.2) is 32.3 Å². The van der Waals surface area contributed by atoms with E-state index < -0.39 is 0 Å². The molecule has 0 spiro atoms. The predicted molar refractivity (Wildman–Crippen MR) is 107 cm³/mol. The van der Waals surface area contributed by atoms with Gasteiger partial charge in [-0.05, 0) is 43.2 Å². The number of carbonyl (C=O) groups excluding carboxylic acids is 1. The van der Waals surface area contributed by atoms with Gasteiger partial charge in [-0.15, -0.1) is 0 Å². The molecule has 0 saturated heterocycles. The lowest BCUT2D eigenvalue weighted by Crippen LogP contribution is -2.16. The molecule has 150 valence electrons. The first kappa shape index (κ1) is 20.0. The van der Waals surface area contributed by atoms with Crippen LogP contribution < -0.4 is 19.5 Å². The highest BCUT2D eigenvalue weighted by atomic mass is 16.6. The molecule has 1 amide bonds. The molecule has 3 rings (SSSR count). The highest BCUT2D eigenvalue weighted by molar-refractivity contribution is 6.04. The summed E-state index contributed by atoms with van der Waals surface area (Å²) in [5.74, 6) is 2.30. The lowest BCUT2D eigenvalue weighted by molar-refractivity contribution is 0.0948. The molecule has 6 heteroatoms. The SMILES string of the molecule is CCOc1ccc(C(=O)Nc2ccc3c(c2)OCCO3)cc1COCC(C)C. The summed E-state index contributed by atoms with van der Waals surface area (Å²) in [4.78, 5) is 12.7. The van der Waals surface area contributed by atoms with Crippen LogP contribution in [0.25, 0.3) is 0 Å². The average Bonchev–Trinajstić information content (AvgIpc) is 2.69. The zero-order valence-corrected chi connectivity index (χ0v) is 16.6. The van der Waals surface area contributed by atoms with E-state index in [1.807, 2.05) is 19.1 Å². The van der Waals surface area contributed by atoms with Gasteiger partial charge in [0.25, 0.3) is 5.91 Å². The van der Waals surface area contributed by atoms with Crippen molar-refractivity contribution in [3.05, 3.63) is 47.5 Å². The minimum Gasteiger partial charge on any atom is -0.494 e. The summed E-state index contributed by atoms with van der Waals surface area (Å²) in [6.45, 7) is 8.77. The number of rotatable bonds is 8. The van der Waals surface area contributed by atoms with Crippen LogP contribution >= 0.6 is 0 Å². The Morgan fingerprint density at radius 3 is 2.64 bits per heavy atom. The van der Waals surface area contributed by atoms with Crippen LogP contribution in [0.3, 0.4) is 0 Å². The maximum Gasteiger partial charge on any atom is 0.255 e. The standard InChI is InChI=1S/C22H27NO5/c1-4-26-19-7-5-16(11-17(19)14-25-13-15(2)3)22(24)23-18-6-8-20-21(12-18)28-10-9-27-20/h5-8,11-12,15H,4,9-10,13-14H2,1-3H3,(H,23,24). The normalized spacial score (nSPS) is 12.7. The molecule has 0 bridgehead atoms. The molecule has 2 aromatic rings. The van der Waals surface area contributed by atoms with Crippen LogP contribution in [0.1, 0.15) is 36.7 Å². The van der Waals surface area contributed by atoms with Gasteiger partial charge in [0, 0.05) is 29.5 Å². The molecular weight excluding hydrogens is 358 g/mol. The van der Waals surface area contributed by atoms with Crippen molar-refractivity contribution in [1.29, 1.82) is 0 Å². The number of hydrogen-bond donors (Lipinski definition) is 1. The second-order valence-corrected chi connectivity index (χ2v) is 6.98. The van der Waals surface area contributed by atoms with E-state index in [2.05, 4.69) is 19.2 Å². The second-order valence-electron chi connectivity index (χ2n) is 6.98. The lowest BCUT2D eigenvalue weighted by Gasteiger charge is -2.19. The molecule has 0 aliphatic carbocycles. The highest BCUT2D eigenvalue weighted by Gasteiger charge is 2.15. The van der Waals surface area contributed by atoms with Crippen LogP contribution in [0.4, 0.5) is 5.69 Å². The van der Waals surface area contributed by atoms with Crippen molar-refractivity contribution in [2.75, 3.05) is 31.7 Å². The average molecular weight is 385 g/mol. The molecule has 0 aromatic heterocycles. The number of benzene rings is 2. The zero-order chi connectivity index (χ0) is 19.9. The number of anilines is 1. The summed E-state index contributed by atoms with van der Waals surface area (Å²) in [6, 6.07) is 10.8. The number of nitrogens with one attached hydrogen (secondary N) is 1. The van der Waals surface area contributed by atoms with Gasteiger partial charge in [0.15, 0.2) is 11.5 Å². The Hall–Kier alpha value is -2.73. The van der Waals surface area contributed by atoms with Gasteiger partial charge in [0.2, 0.25) is 0 Å². The van der Waals surface area contributed by atoms with Crippen molar-refractivity contribution in [3.8, 4) is 17.2 Å². The minimum absolute atomic E-state index is 0.204. The fraction of sp³-hybridized carbons (Fsp3) is 0.409. The topological polar surface area (TPSA) is 66.0 Å². The van der Waals surface area contributed by atoms with Crippen molar-refractivity contribution in [2.45, 2.75) is 27.4 Å². The molecule has 1 aliphatic heterocycles. The van der Waals surface area contributed by atoms with E-state index in [1.54, 1.807) is 24.3 Å². The van der Waals surface area contributed by atoms with Gasteiger partial charge < -0.3 is 24.3 Å². The van der Waals surface area contributed by atoms with Crippen molar-refractivity contribution in [2.24, 2.45) is 5.92 Å². The van der Waals surface area contributed by atoms with Gasteiger partial charge in [-0.3, -0.25) is 4.79 Å². The quantitative estimate of drug-likeness (QED) is 0.735. The van der Waals surface area contributed by atoms with E-state index in [0.717, 1.165) is 11.3 Å². The molecule has 1 aliphatic rings. The first-order valence-corrected chi connectivity index (χ1v) is 9.61. The van der Waals surface area contributed by atoms with Gasteiger partial charge in [0.05, 0.1) is 13.2 Å². The molecule has 0 radical (unpaired) electrons. The molecule has 0 unspecified atom stereocenters. The lowest BCUT2D eigenvalue weighted by atomic mass is 10.1. The number of fused-ring (bicyclic) bond motifs is 1. The Morgan fingerprint density at radius 2 is 1.89 bits per heavy atom. The largest absolute Gasteiger partial charge is 0.494 e. The Labute approximate surface area is 165 Å². The Morgan fingerprint density at radius 1 is 1.11 bits per heavy atom. The van der Waals surface area contributed by atoms with Gasteiger partial charge in [-0.1, -0.05) is 13.8 Å². The summed E-state index contributed by atoms with van der Waals surface area (Å²) >= 11 is 0. The number of ether oxygens (including phenoxy) is 4. The van der Waals surface area contributed by atoms with Crippen LogP contribution in [0, 0.1) is 5.92 Å². The molecule has 0 fully saturated rings. The van der Waals surface area contributed by atoms with Crippen LogP contribution in [-0.2, 0) is 11.3 Å². The van der Waals surface area contributed by atoms with Crippen molar-refractivity contribution >= 4 is 11.6 Å². The second kappa shape index (κ2) is 9.46. The maximum absolute atomic E-state index is 12.7. The van der Waals surface area contributed by atoms with E-state index in [9.17, 15) is 4.79 Å². The summed E-state index contributed by atoms with van der Waals surface area (Å²) in [7, 11) is 0. The van der Waals surface area contributed by atoms with Crippen molar-refractivity contribution in [1.82, 2.24) is 0 Å². The van der Waals surface area contributed by atoms with Gasteiger partial charge in [0.1, 0.15) is 19.0 Å². The smallest absolute Gasteiger partial charge is 0.255 e. The number of carbonyl (C=O) groups is 1. The molecule has 28 heavy (non-hydrogen) atoms. The summed E-state index contributed by atoms with van der Waals surface area (Å²) in [6.07, 6.45) is 0. The first-order valence-electron chi connectivity index (χ1n) is 9.61. The molecule has 1 heterocycles. The molecule has 1 N–H and O–H groups in total. The van der Waals surface area contributed by atoms with Crippen molar-refractivity contribution < 1.29 is 23.7 Å². The molecule has 2 aromatic carbocycles. The Kier molecular flexibility index (Phi) is 6.76.